The molecule has 2 heterocycles. The van der Waals surface area contributed by atoms with Crippen LogP contribution in [0.2, 0.25) is 0 Å². The van der Waals surface area contributed by atoms with Crippen molar-refractivity contribution in [3.8, 4) is 0 Å². The van der Waals surface area contributed by atoms with Gasteiger partial charge < -0.3 is 4.90 Å². The minimum atomic E-state index is -0.133. The zero-order valence-electron chi connectivity index (χ0n) is 15.5. The number of rotatable bonds is 8. The Morgan fingerprint density at radius 1 is 1.30 bits per heavy atom. The van der Waals surface area contributed by atoms with E-state index in [1.54, 1.807) is 22.8 Å². The molecule has 7 nitrogen and oxygen atoms in total. The first-order chi connectivity index (χ1) is 13.2. The first kappa shape index (κ1) is 17.5. The van der Waals surface area contributed by atoms with Crippen molar-refractivity contribution in [1.82, 2.24) is 30.1 Å². The third-order valence-corrected chi connectivity index (χ3v) is 4.85. The largest absolute Gasteiger partial charge is 0.334 e. The van der Waals surface area contributed by atoms with Crippen molar-refractivity contribution in [1.29, 1.82) is 0 Å². The van der Waals surface area contributed by atoms with Crippen LogP contribution in [0.1, 0.15) is 52.6 Å². The lowest BCUT2D eigenvalue weighted by Crippen LogP contribution is -2.26. The van der Waals surface area contributed by atoms with Gasteiger partial charge in [-0.1, -0.05) is 35.5 Å². The summed E-state index contributed by atoms with van der Waals surface area (Å²) >= 11 is 0. The lowest BCUT2D eigenvalue weighted by atomic mass is 10.1. The van der Waals surface area contributed by atoms with E-state index in [9.17, 15) is 4.79 Å². The number of aryl methyl sites for hydroxylation is 2. The zero-order chi connectivity index (χ0) is 18.6. The highest BCUT2D eigenvalue weighted by molar-refractivity contribution is 5.91. The quantitative estimate of drug-likeness (QED) is 0.666. The molecule has 1 N–H and O–H groups in total. The van der Waals surface area contributed by atoms with Crippen LogP contribution in [-0.2, 0) is 19.5 Å². The zero-order valence-corrected chi connectivity index (χ0v) is 15.5. The number of H-pyrrole nitrogens is 1. The molecule has 0 saturated heterocycles. The summed E-state index contributed by atoms with van der Waals surface area (Å²) in [6.45, 7) is 1.23. The van der Waals surface area contributed by atoms with Crippen molar-refractivity contribution in [2.75, 3.05) is 7.05 Å². The summed E-state index contributed by atoms with van der Waals surface area (Å²) in [5.41, 5.74) is 3.73. The lowest BCUT2D eigenvalue weighted by molar-refractivity contribution is 0.0777. The van der Waals surface area contributed by atoms with Gasteiger partial charge in [-0.3, -0.25) is 14.6 Å². The molecule has 4 rings (SSSR count). The van der Waals surface area contributed by atoms with Gasteiger partial charge in [0.25, 0.3) is 5.91 Å². The monoisotopic (exact) mass is 364 g/mol. The van der Waals surface area contributed by atoms with Gasteiger partial charge in [-0.2, -0.15) is 5.10 Å². The van der Waals surface area contributed by atoms with Crippen molar-refractivity contribution < 1.29 is 4.79 Å². The van der Waals surface area contributed by atoms with Crippen LogP contribution < -0.4 is 0 Å². The number of nitrogens with one attached hydrogen (secondary N) is 1. The minimum absolute atomic E-state index is 0.133. The van der Waals surface area contributed by atoms with Crippen LogP contribution >= 0.6 is 0 Å². The second-order valence-electron chi connectivity index (χ2n) is 7.21. The van der Waals surface area contributed by atoms with Gasteiger partial charge in [0.15, 0.2) is 5.69 Å². The number of benzene rings is 1. The van der Waals surface area contributed by atoms with E-state index in [1.807, 2.05) is 18.2 Å². The predicted molar refractivity (Wildman–Crippen MR) is 101 cm³/mol. The van der Waals surface area contributed by atoms with E-state index in [2.05, 4.69) is 38.7 Å². The van der Waals surface area contributed by atoms with Crippen LogP contribution in [0.4, 0.5) is 0 Å². The summed E-state index contributed by atoms with van der Waals surface area (Å²) in [6, 6.07) is 12.4. The summed E-state index contributed by atoms with van der Waals surface area (Å²) in [5, 5.41) is 15.5. The molecule has 140 valence electrons. The van der Waals surface area contributed by atoms with Gasteiger partial charge in [-0.05, 0) is 37.3 Å². The van der Waals surface area contributed by atoms with E-state index in [0.717, 1.165) is 30.8 Å². The van der Waals surface area contributed by atoms with Crippen molar-refractivity contribution in [2.24, 2.45) is 0 Å². The first-order valence-corrected chi connectivity index (χ1v) is 9.43. The molecule has 0 aliphatic heterocycles. The van der Waals surface area contributed by atoms with Gasteiger partial charge in [0.2, 0.25) is 0 Å². The van der Waals surface area contributed by atoms with Crippen molar-refractivity contribution in [2.45, 2.75) is 44.7 Å². The summed E-state index contributed by atoms with van der Waals surface area (Å²) in [6.07, 6.45) is 6.09. The summed E-state index contributed by atoms with van der Waals surface area (Å²) in [4.78, 5) is 14.2. The third kappa shape index (κ3) is 4.42. The topological polar surface area (TPSA) is 79.7 Å². The van der Waals surface area contributed by atoms with E-state index >= 15 is 0 Å². The molecule has 0 bridgehead atoms. The van der Waals surface area contributed by atoms with Crippen LogP contribution in [-0.4, -0.2) is 43.0 Å². The first-order valence-electron chi connectivity index (χ1n) is 9.43. The van der Waals surface area contributed by atoms with Gasteiger partial charge in [0.05, 0.1) is 24.1 Å². The Morgan fingerprint density at radius 3 is 2.89 bits per heavy atom. The predicted octanol–water partition coefficient (Wildman–Crippen LogP) is 2.78. The minimum Gasteiger partial charge on any atom is -0.334 e. The fraction of sp³-hybridized carbons (Fsp3) is 0.400. The highest BCUT2D eigenvalue weighted by Gasteiger charge is 2.26. The maximum absolute atomic E-state index is 12.6. The van der Waals surface area contributed by atoms with E-state index in [0.29, 0.717) is 18.2 Å². The van der Waals surface area contributed by atoms with Crippen molar-refractivity contribution in [3.05, 3.63) is 65.2 Å². The smallest absolute Gasteiger partial charge is 0.276 e. The number of carbonyl (C=O) groups excluding carboxylic acids is 1. The van der Waals surface area contributed by atoms with Gasteiger partial charge >= 0.3 is 0 Å². The highest BCUT2D eigenvalue weighted by atomic mass is 16.2. The molecule has 2 aromatic heterocycles. The molecule has 1 aliphatic rings. The molecule has 1 saturated carbocycles. The van der Waals surface area contributed by atoms with Crippen LogP contribution in [0.3, 0.4) is 0 Å². The highest BCUT2D eigenvalue weighted by Crippen LogP contribution is 2.39. The number of carbonyl (C=O) groups is 1. The third-order valence-electron chi connectivity index (χ3n) is 4.85. The fourth-order valence-electron chi connectivity index (χ4n) is 3.17. The molecule has 7 heteroatoms. The molecule has 27 heavy (non-hydrogen) atoms. The van der Waals surface area contributed by atoms with Gasteiger partial charge in [0, 0.05) is 19.5 Å². The van der Waals surface area contributed by atoms with Gasteiger partial charge in [0.1, 0.15) is 0 Å². The van der Waals surface area contributed by atoms with E-state index in [4.69, 9.17) is 0 Å². The molecule has 1 aliphatic carbocycles. The second kappa shape index (κ2) is 7.73. The number of amides is 1. The van der Waals surface area contributed by atoms with Crippen molar-refractivity contribution >= 4 is 5.91 Å². The Labute approximate surface area is 158 Å². The molecule has 3 aromatic rings. The standard InChI is InChI=1S/C20H24N6O/c1-25(13-17-12-18(22-21-17)16-9-10-16)20(27)19-14-26(24-23-19)11-5-8-15-6-3-2-4-7-15/h2-4,6-7,12,14,16H,5,8-11,13H2,1H3,(H,21,22). The Hall–Kier alpha value is -2.96. The summed E-state index contributed by atoms with van der Waals surface area (Å²) in [7, 11) is 1.77. The molecule has 1 aromatic carbocycles. The van der Waals surface area contributed by atoms with Crippen LogP contribution in [0.5, 0.6) is 0 Å². The Kier molecular flexibility index (Phi) is 5.00. The maximum atomic E-state index is 12.6. The van der Waals surface area contributed by atoms with Crippen LogP contribution in [0.15, 0.2) is 42.6 Å². The van der Waals surface area contributed by atoms with Gasteiger partial charge in [-0.15, -0.1) is 5.10 Å². The average molecular weight is 364 g/mol. The lowest BCUT2D eigenvalue weighted by Gasteiger charge is -2.13. The molecule has 0 spiro atoms. The van der Waals surface area contributed by atoms with E-state index < -0.39 is 0 Å². The average Bonchev–Trinajstić information content (AvgIpc) is 3.25. The van der Waals surface area contributed by atoms with Gasteiger partial charge in [-0.25, -0.2) is 0 Å². The molecule has 0 atom stereocenters. The molecular formula is C20H24N6O. The normalized spacial score (nSPS) is 13.7. The number of hydrogen-bond acceptors (Lipinski definition) is 4. The number of hydrogen-bond donors (Lipinski definition) is 1. The number of nitrogens with zero attached hydrogens (tertiary/aromatic N) is 5. The van der Waals surface area contributed by atoms with E-state index in [1.165, 1.54) is 18.4 Å². The van der Waals surface area contributed by atoms with E-state index in [-0.39, 0.29) is 5.91 Å². The Morgan fingerprint density at radius 2 is 2.11 bits per heavy atom. The molecule has 1 fully saturated rings. The number of aromatic amines is 1. The molecular weight excluding hydrogens is 340 g/mol. The Bertz CT molecular complexity index is 896. The maximum Gasteiger partial charge on any atom is 0.276 e. The molecule has 1 amide bonds. The summed E-state index contributed by atoms with van der Waals surface area (Å²) < 4.78 is 1.74. The summed E-state index contributed by atoms with van der Waals surface area (Å²) in [5.74, 6) is 0.471. The number of aromatic nitrogens is 5. The van der Waals surface area contributed by atoms with Crippen LogP contribution in [0.25, 0.3) is 0 Å². The Balaban J connectivity index is 1.29. The molecule has 0 radical (unpaired) electrons. The van der Waals surface area contributed by atoms with Crippen molar-refractivity contribution in [3.63, 3.8) is 0 Å². The molecule has 0 unspecified atom stereocenters. The van der Waals surface area contributed by atoms with Crippen LogP contribution in [0, 0.1) is 0 Å². The fourth-order valence-corrected chi connectivity index (χ4v) is 3.17. The second-order valence-corrected chi connectivity index (χ2v) is 7.21. The SMILES string of the molecule is CN(Cc1cc(C2CC2)n[nH]1)C(=O)c1cn(CCCc2ccccc2)nn1.